The maximum absolute atomic E-state index is 13.1. The van der Waals surface area contributed by atoms with Crippen LogP contribution >= 0.6 is 28.3 Å². The van der Waals surface area contributed by atoms with Gasteiger partial charge >= 0.3 is 0 Å². The number of rotatable bonds is 3. The molecule has 19 heavy (non-hydrogen) atoms. The number of piperidine rings is 1. The van der Waals surface area contributed by atoms with E-state index in [0.29, 0.717) is 4.47 Å². The van der Waals surface area contributed by atoms with E-state index in [1.165, 1.54) is 6.07 Å². The Labute approximate surface area is 126 Å². The standard InChI is InChI=1S/C13H16BrFN2O.ClH/c14-11-6-9(3-4-12(11)15)7-13(18)17-10-2-1-5-16-8-10;/h3-4,6,10,16H,1-2,5,7-8H2,(H,17,18);1H/t10-;/m0./s1. The molecule has 0 aromatic heterocycles. The molecule has 1 atom stereocenters. The first-order valence-corrected chi connectivity index (χ1v) is 6.88. The molecule has 0 radical (unpaired) electrons. The molecular formula is C13H17BrClFN2O. The summed E-state index contributed by atoms with van der Waals surface area (Å²) < 4.78 is 13.4. The van der Waals surface area contributed by atoms with Gasteiger partial charge < -0.3 is 10.6 Å². The number of hydrogen-bond donors (Lipinski definition) is 2. The van der Waals surface area contributed by atoms with Gasteiger partial charge in [-0.3, -0.25) is 4.79 Å². The third-order valence-electron chi connectivity index (χ3n) is 3.01. The summed E-state index contributed by atoms with van der Waals surface area (Å²) in [5.41, 5.74) is 0.810. The van der Waals surface area contributed by atoms with Gasteiger partial charge in [0.1, 0.15) is 5.82 Å². The van der Waals surface area contributed by atoms with Crippen LogP contribution in [0.3, 0.4) is 0 Å². The van der Waals surface area contributed by atoms with Crippen molar-refractivity contribution in [2.24, 2.45) is 0 Å². The van der Waals surface area contributed by atoms with E-state index < -0.39 is 0 Å². The van der Waals surface area contributed by atoms with E-state index in [-0.39, 0.29) is 36.6 Å². The molecule has 1 aliphatic rings. The molecule has 1 saturated heterocycles. The van der Waals surface area contributed by atoms with Crippen LogP contribution < -0.4 is 10.6 Å². The Hall–Kier alpha value is -0.650. The molecule has 0 bridgehead atoms. The monoisotopic (exact) mass is 350 g/mol. The third kappa shape index (κ3) is 5.09. The summed E-state index contributed by atoms with van der Waals surface area (Å²) in [7, 11) is 0. The largest absolute Gasteiger partial charge is 0.352 e. The van der Waals surface area contributed by atoms with Crippen molar-refractivity contribution in [1.82, 2.24) is 10.6 Å². The maximum atomic E-state index is 13.1. The second-order valence-electron chi connectivity index (χ2n) is 4.54. The Kier molecular flexibility index (Phi) is 6.75. The van der Waals surface area contributed by atoms with Crippen LogP contribution in [-0.2, 0) is 11.2 Å². The van der Waals surface area contributed by atoms with Gasteiger partial charge in [0, 0.05) is 12.6 Å². The predicted octanol–water partition coefficient (Wildman–Crippen LogP) is 2.42. The van der Waals surface area contributed by atoms with Crippen LogP contribution in [0.2, 0.25) is 0 Å². The smallest absolute Gasteiger partial charge is 0.224 e. The lowest BCUT2D eigenvalue weighted by atomic mass is 10.1. The molecule has 1 fully saturated rings. The zero-order chi connectivity index (χ0) is 13.0. The van der Waals surface area contributed by atoms with Gasteiger partial charge in [-0.25, -0.2) is 4.39 Å². The lowest BCUT2D eigenvalue weighted by Gasteiger charge is -2.23. The molecule has 3 nitrogen and oxygen atoms in total. The molecule has 1 amide bonds. The minimum Gasteiger partial charge on any atom is -0.352 e. The van der Waals surface area contributed by atoms with Crippen LogP contribution in [0.15, 0.2) is 22.7 Å². The fraction of sp³-hybridized carbons (Fsp3) is 0.462. The van der Waals surface area contributed by atoms with Crippen molar-refractivity contribution in [1.29, 1.82) is 0 Å². The van der Waals surface area contributed by atoms with Crippen LogP contribution in [0, 0.1) is 5.82 Å². The van der Waals surface area contributed by atoms with Gasteiger partial charge in [-0.1, -0.05) is 6.07 Å². The highest BCUT2D eigenvalue weighted by atomic mass is 79.9. The lowest BCUT2D eigenvalue weighted by Crippen LogP contribution is -2.46. The number of carbonyl (C=O) groups is 1. The van der Waals surface area contributed by atoms with Crippen molar-refractivity contribution < 1.29 is 9.18 Å². The molecule has 1 heterocycles. The molecule has 1 aromatic rings. The van der Waals surface area contributed by atoms with Crippen LogP contribution in [-0.4, -0.2) is 25.0 Å². The highest BCUT2D eigenvalue weighted by molar-refractivity contribution is 9.10. The number of amides is 1. The Bertz CT molecular complexity index is 439. The van der Waals surface area contributed by atoms with Crippen molar-refractivity contribution in [2.45, 2.75) is 25.3 Å². The van der Waals surface area contributed by atoms with Crippen LogP contribution in [0.4, 0.5) is 4.39 Å². The summed E-state index contributed by atoms with van der Waals surface area (Å²) in [5, 5.41) is 6.24. The molecule has 0 spiro atoms. The molecule has 1 aliphatic heterocycles. The van der Waals surface area contributed by atoms with Crippen molar-refractivity contribution >= 4 is 34.2 Å². The van der Waals surface area contributed by atoms with Gasteiger partial charge in [-0.05, 0) is 53.0 Å². The maximum Gasteiger partial charge on any atom is 0.224 e. The van der Waals surface area contributed by atoms with E-state index in [9.17, 15) is 9.18 Å². The highest BCUT2D eigenvalue weighted by Crippen LogP contribution is 2.17. The first-order valence-electron chi connectivity index (χ1n) is 6.09. The molecule has 2 rings (SSSR count). The fourth-order valence-electron chi connectivity index (χ4n) is 2.09. The number of nitrogens with one attached hydrogen (secondary N) is 2. The van der Waals surface area contributed by atoms with E-state index in [4.69, 9.17) is 0 Å². The summed E-state index contributed by atoms with van der Waals surface area (Å²) in [6.07, 6.45) is 2.40. The number of halogens is 3. The van der Waals surface area contributed by atoms with Crippen LogP contribution in [0.25, 0.3) is 0 Å². The van der Waals surface area contributed by atoms with E-state index >= 15 is 0 Å². The lowest BCUT2D eigenvalue weighted by molar-refractivity contribution is -0.121. The van der Waals surface area contributed by atoms with Gasteiger partial charge in [0.05, 0.1) is 10.9 Å². The number of hydrogen-bond acceptors (Lipinski definition) is 2. The minimum absolute atomic E-state index is 0. The minimum atomic E-state index is -0.310. The Morgan fingerprint density at radius 1 is 1.53 bits per heavy atom. The Balaban J connectivity index is 0.00000180. The molecule has 0 aliphatic carbocycles. The van der Waals surface area contributed by atoms with E-state index in [1.54, 1.807) is 12.1 Å². The van der Waals surface area contributed by atoms with Crippen LogP contribution in [0.5, 0.6) is 0 Å². The van der Waals surface area contributed by atoms with Crippen molar-refractivity contribution in [3.05, 3.63) is 34.1 Å². The average molecular weight is 352 g/mol. The third-order valence-corrected chi connectivity index (χ3v) is 3.62. The Morgan fingerprint density at radius 2 is 2.32 bits per heavy atom. The summed E-state index contributed by atoms with van der Waals surface area (Å²) in [4.78, 5) is 11.8. The topological polar surface area (TPSA) is 41.1 Å². The van der Waals surface area contributed by atoms with E-state index in [0.717, 1.165) is 31.5 Å². The second-order valence-corrected chi connectivity index (χ2v) is 5.39. The van der Waals surface area contributed by atoms with Crippen molar-refractivity contribution in [3.63, 3.8) is 0 Å². The predicted molar refractivity (Wildman–Crippen MR) is 79.1 cm³/mol. The van der Waals surface area contributed by atoms with Crippen molar-refractivity contribution in [2.75, 3.05) is 13.1 Å². The quantitative estimate of drug-likeness (QED) is 0.878. The summed E-state index contributed by atoms with van der Waals surface area (Å²) in [5.74, 6) is -0.321. The molecule has 1 aromatic carbocycles. The first-order chi connectivity index (χ1) is 8.65. The van der Waals surface area contributed by atoms with Gasteiger partial charge in [0.2, 0.25) is 5.91 Å². The molecule has 2 N–H and O–H groups in total. The second kappa shape index (κ2) is 7.82. The summed E-state index contributed by atoms with van der Waals surface area (Å²) >= 11 is 3.12. The van der Waals surface area contributed by atoms with Crippen LogP contribution in [0.1, 0.15) is 18.4 Å². The average Bonchev–Trinajstić information content (AvgIpc) is 2.35. The normalized spacial score (nSPS) is 18.5. The van der Waals surface area contributed by atoms with E-state index in [2.05, 4.69) is 26.6 Å². The zero-order valence-electron chi connectivity index (χ0n) is 10.4. The van der Waals surface area contributed by atoms with E-state index in [1.807, 2.05) is 0 Å². The molecule has 0 saturated carbocycles. The molecule has 6 heteroatoms. The molecular weight excluding hydrogens is 335 g/mol. The SMILES string of the molecule is Cl.O=C(Cc1ccc(F)c(Br)c1)N[C@H]1CCCNC1. The number of carbonyl (C=O) groups excluding carboxylic acids is 1. The molecule has 106 valence electrons. The summed E-state index contributed by atoms with van der Waals surface area (Å²) in [6, 6.07) is 4.87. The zero-order valence-corrected chi connectivity index (χ0v) is 12.8. The van der Waals surface area contributed by atoms with Gasteiger partial charge in [-0.15, -0.1) is 12.4 Å². The Morgan fingerprint density at radius 3 is 2.95 bits per heavy atom. The number of benzene rings is 1. The van der Waals surface area contributed by atoms with Gasteiger partial charge in [0.25, 0.3) is 0 Å². The first kappa shape index (κ1) is 16.4. The highest BCUT2D eigenvalue weighted by Gasteiger charge is 2.15. The fourth-order valence-corrected chi connectivity index (χ4v) is 2.51. The van der Waals surface area contributed by atoms with Gasteiger partial charge in [-0.2, -0.15) is 0 Å². The summed E-state index contributed by atoms with van der Waals surface area (Å²) in [6.45, 7) is 1.86. The van der Waals surface area contributed by atoms with Crippen molar-refractivity contribution in [3.8, 4) is 0 Å². The molecule has 0 unspecified atom stereocenters. The van der Waals surface area contributed by atoms with Gasteiger partial charge in [0.15, 0.2) is 0 Å².